The van der Waals surface area contributed by atoms with Crippen molar-refractivity contribution in [3.8, 4) is 23.0 Å². The van der Waals surface area contributed by atoms with Crippen LogP contribution in [0.2, 0.25) is 0 Å². The van der Waals surface area contributed by atoms with Crippen LogP contribution in [0.15, 0.2) is 18.3 Å². The van der Waals surface area contributed by atoms with E-state index >= 15 is 0 Å². The van der Waals surface area contributed by atoms with E-state index in [1.165, 1.54) is 11.1 Å². The normalized spacial score (nSPS) is 10.4. The number of hydrogen-bond acceptors (Lipinski definition) is 3. The number of nitrogens with zero attached hydrogens (tertiary/aromatic N) is 1. The van der Waals surface area contributed by atoms with E-state index in [0.29, 0.717) is 6.01 Å². The molecular formula is C13H16N2O2. The molecule has 0 unspecified atom stereocenters. The van der Waals surface area contributed by atoms with Gasteiger partial charge in [0, 0.05) is 5.56 Å². The molecule has 0 saturated heterocycles. The van der Waals surface area contributed by atoms with E-state index < -0.39 is 0 Å². The van der Waals surface area contributed by atoms with Crippen molar-refractivity contribution in [1.82, 2.24) is 9.97 Å². The second kappa shape index (κ2) is 4.49. The van der Waals surface area contributed by atoms with Crippen LogP contribution < -0.4 is 9.47 Å². The molecule has 0 aliphatic heterocycles. The summed E-state index contributed by atoms with van der Waals surface area (Å²) in [6.45, 7) is 4.14. The van der Waals surface area contributed by atoms with Crippen LogP contribution in [-0.2, 0) is 0 Å². The van der Waals surface area contributed by atoms with Crippen LogP contribution in [0.4, 0.5) is 0 Å². The highest BCUT2D eigenvalue weighted by Gasteiger charge is 2.11. The van der Waals surface area contributed by atoms with E-state index in [9.17, 15) is 0 Å². The Kier molecular flexibility index (Phi) is 3.04. The predicted molar refractivity (Wildman–Crippen MR) is 66.6 cm³/mol. The topological polar surface area (TPSA) is 47.1 Å². The van der Waals surface area contributed by atoms with E-state index in [2.05, 4.69) is 29.9 Å². The largest absolute Gasteiger partial charge is 0.496 e. The lowest BCUT2D eigenvalue weighted by molar-refractivity contribution is 0.384. The van der Waals surface area contributed by atoms with Crippen molar-refractivity contribution < 1.29 is 9.47 Å². The molecule has 90 valence electrons. The zero-order chi connectivity index (χ0) is 12.4. The third-order valence-electron chi connectivity index (χ3n) is 2.85. The number of imidazole rings is 1. The van der Waals surface area contributed by atoms with Crippen LogP contribution in [0.25, 0.3) is 11.3 Å². The number of benzene rings is 1. The Labute approximate surface area is 101 Å². The maximum atomic E-state index is 5.39. The Morgan fingerprint density at radius 1 is 1.06 bits per heavy atom. The molecule has 0 amide bonds. The third-order valence-corrected chi connectivity index (χ3v) is 2.85. The summed E-state index contributed by atoms with van der Waals surface area (Å²) in [4.78, 5) is 7.19. The standard InChI is InChI=1S/C13H16N2O2/c1-8-5-10(12(16-3)6-9(8)2)11-7-14-13(15-11)17-4/h5-7H,1-4H3,(H,14,15). The zero-order valence-corrected chi connectivity index (χ0v) is 10.5. The lowest BCUT2D eigenvalue weighted by Crippen LogP contribution is -1.92. The highest BCUT2D eigenvalue weighted by molar-refractivity contribution is 5.69. The number of methoxy groups -OCH3 is 2. The molecule has 1 aromatic carbocycles. The molecule has 0 bridgehead atoms. The number of ether oxygens (including phenoxy) is 2. The molecule has 4 nitrogen and oxygen atoms in total. The number of H-pyrrole nitrogens is 1. The first-order chi connectivity index (χ1) is 8.15. The minimum atomic E-state index is 0.500. The summed E-state index contributed by atoms with van der Waals surface area (Å²) in [5, 5.41) is 0. The van der Waals surface area contributed by atoms with Gasteiger partial charge < -0.3 is 14.5 Å². The van der Waals surface area contributed by atoms with Crippen LogP contribution in [0, 0.1) is 13.8 Å². The molecule has 2 rings (SSSR count). The van der Waals surface area contributed by atoms with E-state index in [-0.39, 0.29) is 0 Å². The number of aryl methyl sites for hydroxylation is 2. The van der Waals surface area contributed by atoms with E-state index in [4.69, 9.17) is 9.47 Å². The number of nitrogens with one attached hydrogen (secondary N) is 1. The molecule has 2 aromatic rings. The van der Waals surface area contributed by atoms with Gasteiger partial charge in [-0.25, -0.2) is 4.98 Å². The van der Waals surface area contributed by atoms with Crippen molar-refractivity contribution in [2.24, 2.45) is 0 Å². The van der Waals surface area contributed by atoms with Crippen molar-refractivity contribution >= 4 is 0 Å². The number of aromatic amines is 1. The first-order valence-electron chi connectivity index (χ1n) is 5.40. The molecule has 1 heterocycles. The molecule has 0 spiro atoms. The SMILES string of the molecule is COc1ncc(-c2cc(C)c(C)cc2OC)[nH]1. The molecule has 0 aliphatic rings. The molecule has 0 atom stereocenters. The average molecular weight is 232 g/mol. The van der Waals surface area contributed by atoms with Gasteiger partial charge in [-0.3, -0.25) is 0 Å². The molecule has 1 N–H and O–H groups in total. The Morgan fingerprint density at radius 2 is 1.76 bits per heavy atom. The van der Waals surface area contributed by atoms with E-state index in [1.54, 1.807) is 20.4 Å². The quantitative estimate of drug-likeness (QED) is 0.885. The zero-order valence-electron chi connectivity index (χ0n) is 10.5. The van der Waals surface area contributed by atoms with Gasteiger partial charge >= 0.3 is 0 Å². The first-order valence-corrected chi connectivity index (χ1v) is 5.40. The minimum Gasteiger partial charge on any atom is -0.496 e. The summed E-state index contributed by atoms with van der Waals surface area (Å²) in [6, 6.07) is 4.61. The second-order valence-electron chi connectivity index (χ2n) is 3.94. The number of hydrogen-bond donors (Lipinski definition) is 1. The fraction of sp³-hybridized carbons (Fsp3) is 0.308. The van der Waals surface area contributed by atoms with Crippen molar-refractivity contribution in [3.63, 3.8) is 0 Å². The van der Waals surface area contributed by atoms with Gasteiger partial charge in [0.05, 0.1) is 26.1 Å². The minimum absolute atomic E-state index is 0.500. The molecule has 0 saturated carbocycles. The van der Waals surface area contributed by atoms with E-state index in [1.807, 2.05) is 6.07 Å². The number of aromatic nitrogens is 2. The third kappa shape index (κ3) is 2.11. The Bertz CT molecular complexity index is 532. The van der Waals surface area contributed by atoms with Gasteiger partial charge in [0.15, 0.2) is 0 Å². The molecule has 0 radical (unpaired) electrons. The highest BCUT2D eigenvalue weighted by Crippen LogP contribution is 2.32. The van der Waals surface area contributed by atoms with E-state index in [0.717, 1.165) is 17.0 Å². The summed E-state index contributed by atoms with van der Waals surface area (Å²) in [5.41, 5.74) is 4.31. The van der Waals surface area contributed by atoms with Gasteiger partial charge in [0.1, 0.15) is 5.75 Å². The fourth-order valence-electron chi connectivity index (χ4n) is 1.71. The van der Waals surface area contributed by atoms with Crippen LogP contribution in [0.3, 0.4) is 0 Å². The summed E-state index contributed by atoms with van der Waals surface area (Å²) >= 11 is 0. The first kappa shape index (κ1) is 11.5. The molecular weight excluding hydrogens is 216 g/mol. The maximum Gasteiger partial charge on any atom is 0.293 e. The van der Waals surface area contributed by atoms with Crippen LogP contribution in [0.1, 0.15) is 11.1 Å². The van der Waals surface area contributed by atoms with Crippen molar-refractivity contribution in [2.45, 2.75) is 13.8 Å². The van der Waals surface area contributed by atoms with Gasteiger partial charge in [-0.15, -0.1) is 0 Å². The molecule has 1 aromatic heterocycles. The molecule has 0 fully saturated rings. The van der Waals surface area contributed by atoms with Crippen LogP contribution in [-0.4, -0.2) is 24.2 Å². The summed E-state index contributed by atoms with van der Waals surface area (Å²) < 4.78 is 10.4. The summed E-state index contributed by atoms with van der Waals surface area (Å²) in [6.07, 6.45) is 1.74. The lowest BCUT2D eigenvalue weighted by atomic mass is 10.0. The van der Waals surface area contributed by atoms with Crippen molar-refractivity contribution in [3.05, 3.63) is 29.5 Å². The van der Waals surface area contributed by atoms with Crippen molar-refractivity contribution in [2.75, 3.05) is 14.2 Å². The fourth-order valence-corrected chi connectivity index (χ4v) is 1.71. The Balaban J connectivity index is 2.53. The molecule has 17 heavy (non-hydrogen) atoms. The monoisotopic (exact) mass is 232 g/mol. The van der Waals surface area contributed by atoms with Gasteiger partial charge in [-0.2, -0.15) is 0 Å². The second-order valence-corrected chi connectivity index (χ2v) is 3.94. The smallest absolute Gasteiger partial charge is 0.293 e. The van der Waals surface area contributed by atoms with Crippen LogP contribution >= 0.6 is 0 Å². The number of rotatable bonds is 3. The summed E-state index contributed by atoms with van der Waals surface area (Å²) in [7, 11) is 3.25. The Morgan fingerprint density at radius 3 is 2.35 bits per heavy atom. The molecule has 0 aliphatic carbocycles. The molecule has 4 heteroatoms. The summed E-state index contributed by atoms with van der Waals surface area (Å²) in [5.74, 6) is 0.833. The lowest BCUT2D eigenvalue weighted by Gasteiger charge is -2.10. The van der Waals surface area contributed by atoms with Gasteiger partial charge in [0.25, 0.3) is 6.01 Å². The van der Waals surface area contributed by atoms with Crippen LogP contribution in [0.5, 0.6) is 11.8 Å². The average Bonchev–Trinajstić information content (AvgIpc) is 2.80. The maximum absolute atomic E-state index is 5.39. The predicted octanol–water partition coefficient (Wildman–Crippen LogP) is 2.71. The Hall–Kier alpha value is -1.97. The van der Waals surface area contributed by atoms with Gasteiger partial charge in [0.2, 0.25) is 0 Å². The van der Waals surface area contributed by atoms with Gasteiger partial charge in [-0.05, 0) is 37.1 Å². The highest BCUT2D eigenvalue weighted by atomic mass is 16.5. The van der Waals surface area contributed by atoms with Crippen molar-refractivity contribution in [1.29, 1.82) is 0 Å². The van der Waals surface area contributed by atoms with Gasteiger partial charge in [-0.1, -0.05) is 0 Å².